The highest BCUT2D eigenvalue weighted by Crippen LogP contribution is 2.33. The molecule has 9 nitrogen and oxygen atoms in total. The molecule has 0 radical (unpaired) electrons. The number of hydrogen-bond acceptors (Lipinski definition) is 8. The Balaban J connectivity index is 0.000000479. The van der Waals surface area contributed by atoms with Gasteiger partial charge in [-0.1, -0.05) is 0 Å². The van der Waals surface area contributed by atoms with Crippen LogP contribution in [0, 0.1) is 0 Å². The number of aliphatic carboxylic acids is 1. The third kappa shape index (κ3) is 8.25. The molecule has 33 heavy (non-hydrogen) atoms. The van der Waals surface area contributed by atoms with E-state index in [0.717, 1.165) is 24.3 Å². The topological polar surface area (TPSA) is 114 Å². The Morgan fingerprint density at radius 3 is 2.70 bits per heavy atom. The second-order valence-corrected chi connectivity index (χ2v) is 8.68. The van der Waals surface area contributed by atoms with E-state index in [0.29, 0.717) is 38.4 Å². The molecule has 2 aliphatic rings. The number of hydrogen-bond donors (Lipinski definition) is 2. The number of carbonyl (C=O) groups excluding carboxylic acids is 2. The summed E-state index contributed by atoms with van der Waals surface area (Å²) >= 11 is 1.54. The summed E-state index contributed by atoms with van der Waals surface area (Å²) in [6, 6.07) is 1.85. The lowest BCUT2D eigenvalue weighted by Gasteiger charge is -2.31. The lowest BCUT2D eigenvalue weighted by molar-refractivity contribution is -0.192. The minimum absolute atomic E-state index is 0.0687. The molecule has 2 N–H and O–H groups in total. The van der Waals surface area contributed by atoms with Crippen LogP contribution in [0.4, 0.5) is 13.2 Å². The van der Waals surface area contributed by atoms with Gasteiger partial charge < -0.3 is 29.5 Å². The lowest BCUT2D eigenvalue weighted by atomic mass is 10.00. The van der Waals surface area contributed by atoms with Crippen LogP contribution in [0.15, 0.2) is 11.4 Å². The van der Waals surface area contributed by atoms with Gasteiger partial charge in [-0.2, -0.15) is 13.2 Å². The fourth-order valence-electron chi connectivity index (χ4n) is 3.49. The molecule has 1 spiro atoms. The summed E-state index contributed by atoms with van der Waals surface area (Å²) in [5, 5.41) is 12.3. The average Bonchev–Trinajstić information content (AvgIpc) is 3.31. The second-order valence-electron chi connectivity index (χ2n) is 7.68. The van der Waals surface area contributed by atoms with Gasteiger partial charge in [0, 0.05) is 36.8 Å². The van der Waals surface area contributed by atoms with Crippen molar-refractivity contribution in [1.82, 2.24) is 10.2 Å². The number of halogens is 3. The molecule has 1 aromatic rings. The summed E-state index contributed by atoms with van der Waals surface area (Å²) in [5.74, 6) is -3.00. The maximum Gasteiger partial charge on any atom is 0.490 e. The SMILES string of the molecule is COC(=O)c1csc(CNC[C@H]2CC[C@]3(COCCN(C(C)=O)C3)O2)c1.O=C(O)C(F)(F)F. The minimum atomic E-state index is -5.08. The molecule has 1 amide bonds. The Morgan fingerprint density at radius 1 is 1.39 bits per heavy atom. The van der Waals surface area contributed by atoms with Crippen molar-refractivity contribution in [3.05, 3.63) is 21.9 Å². The number of carbonyl (C=O) groups is 3. The van der Waals surface area contributed by atoms with Crippen LogP contribution in [-0.2, 0) is 30.3 Å². The molecule has 13 heteroatoms. The lowest BCUT2D eigenvalue weighted by Crippen LogP contribution is -2.46. The second kappa shape index (κ2) is 11.8. The summed E-state index contributed by atoms with van der Waals surface area (Å²) in [7, 11) is 1.38. The smallest absolute Gasteiger partial charge is 0.475 e. The molecule has 0 aliphatic carbocycles. The van der Waals surface area contributed by atoms with Gasteiger partial charge in [0.1, 0.15) is 5.60 Å². The van der Waals surface area contributed by atoms with Gasteiger partial charge in [0.25, 0.3) is 0 Å². The Morgan fingerprint density at radius 2 is 2.09 bits per heavy atom. The van der Waals surface area contributed by atoms with Gasteiger partial charge in [0.15, 0.2) is 0 Å². The van der Waals surface area contributed by atoms with E-state index in [-0.39, 0.29) is 23.6 Å². The summed E-state index contributed by atoms with van der Waals surface area (Å²) in [5.41, 5.74) is 0.209. The van der Waals surface area contributed by atoms with Crippen molar-refractivity contribution in [2.75, 3.05) is 40.0 Å². The average molecular weight is 497 g/mol. The largest absolute Gasteiger partial charge is 0.490 e. The predicted molar refractivity (Wildman–Crippen MR) is 111 cm³/mol. The van der Waals surface area contributed by atoms with E-state index in [1.807, 2.05) is 16.3 Å². The van der Waals surface area contributed by atoms with E-state index in [2.05, 4.69) is 5.32 Å². The summed E-state index contributed by atoms with van der Waals surface area (Å²) < 4.78 is 48.4. The van der Waals surface area contributed by atoms with Crippen LogP contribution >= 0.6 is 11.3 Å². The van der Waals surface area contributed by atoms with Crippen LogP contribution in [0.5, 0.6) is 0 Å². The molecule has 0 saturated carbocycles. The molecular formula is C20H27F3N2O7S. The molecule has 0 aromatic carbocycles. The fourth-order valence-corrected chi connectivity index (χ4v) is 4.31. The van der Waals surface area contributed by atoms with Crippen molar-refractivity contribution >= 4 is 29.2 Å². The molecule has 2 aliphatic heterocycles. The first-order valence-electron chi connectivity index (χ1n) is 10.1. The fraction of sp³-hybridized carbons (Fsp3) is 0.650. The quantitative estimate of drug-likeness (QED) is 0.596. The van der Waals surface area contributed by atoms with Crippen LogP contribution in [0.1, 0.15) is 35.0 Å². The molecule has 0 bridgehead atoms. The van der Waals surface area contributed by atoms with Crippen LogP contribution in [0.3, 0.4) is 0 Å². The molecule has 2 fully saturated rings. The number of nitrogens with one attached hydrogen (secondary N) is 1. The zero-order chi connectivity index (χ0) is 24.6. The van der Waals surface area contributed by atoms with Gasteiger partial charge >= 0.3 is 18.1 Å². The van der Waals surface area contributed by atoms with Crippen molar-refractivity contribution in [1.29, 1.82) is 0 Å². The number of alkyl halides is 3. The first-order chi connectivity index (χ1) is 15.5. The highest BCUT2D eigenvalue weighted by atomic mass is 32.1. The molecule has 186 valence electrons. The summed E-state index contributed by atoms with van der Waals surface area (Å²) in [6.45, 7) is 5.35. The number of ether oxygens (including phenoxy) is 3. The van der Waals surface area contributed by atoms with Gasteiger partial charge in [0.05, 0.1) is 38.5 Å². The number of carboxylic acids is 1. The highest BCUT2D eigenvalue weighted by Gasteiger charge is 2.43. The number of esters is 1. The zero-order valence-corrected chi connectivity index (χ0v) is 19.1. The van der Waals surface area contributed by atoms with Gasteiger partial charge in [0.2, 0.25) is 5.91 Å². The molecule has 2 atom stereocenters. The summed E-state index contributed by atoms with van der Waals surface area (Å²) in [6.07, 6.45) is -3.14. The van der Waals surface area contributed by atoms with E-state index in [9.17, 15) is 22.8 Å². The number of rotatable bonds is 5. The standard InChI is InChI=1S/C18H26N2O5S.C2HF3O2/c1-13(21)20-5-6-24-12-18(11-20)4-3-15(25-18)8-19-9-16-7-14(10-26-16)17(22)23-2;3-2(4,5)1(6)7/h7,10,15,19H,3-6,8-9,11-12H2,1-2H3;(H,6,7)/t15-,18+;/m1./s1. The van der Waals surface area contributed by atoms with Crippen molar-refractivity contribution in [2.24, 2.45) is 0 Å². The molecule has 3 rings (SSSR count). The normalized spacial score (nSPS) is 22.9. The number of nitrogens with zero attached hydrogens (tertiary/aromatic N) is 1. The summed E-state index contributed by atoms with van der Waals surface area (Å²) in [4.78, 5) is 35.0. The Labute approximate surface area is 192 Å². The molecule has 2 saturated heterocycles. The van der Waals surface area contributed by atoms with Gasteiger partial charge in [-0.15, -0.1) is 11.3 Å². The first kappa shape index (κ1) is 27.0. The van der Waals surface area contributed by atoms with E-state index in [1.54, 1.807) is 6.92 Å². The van der Waals surface area contributed by atoms with Crippen LogP contribution in [0.2, 0.25) is 0 Å². The zero-order valence-electron chi connectivity index (χ0n) is 18.3. The van der Waals surface area contributed by atoms with E-state index in [4.69, 9.17) is 24.1 Å². The molecule has 1 aromatic heterocycles. The molecular weight excluding hydrogens is 469 g/mol. The predicted octanol–water partition coefficient (Wildman–Crippen LogP) is 2.05. The van der Waals surface area contributed by atoms with E-state index in [1.165, 1.54) is 18.4 Å². The Hall–Kier alpha value is -2.22. The third-order valence-electron chi connectivity index (χ3n) is 5.12. The van der Waals surface area contributed by atoms with Crippen LogP contribution < -0.4 is 5.32 Å². The third-order valence-corrected chi connectivity index (χ3v) is 6.06. The minimum Gasteiger partial charge on any atom is -0.475 e. The Kier molecular flexibility index (Phi) is 9.64. The van der Waals surface area contributed by atoms with Gasteiger partial charge in [-0.3, -0.25) is 4.79 Å². The van der Waals surface area contributed by atoms with Gasteiger partial charge in [-0.05, 0) is 18.9 Å². The number of amides is 1. The van der Waals surface area contributed by atoms with Crippen molar-refractivity contribution in [2.45, 2.75) is 44.2 Å². The molecule has 3 heterocycles. The van der Waals surface area contributed by atoms with Gasteiger partial charge in [-0.25, -0.2) is 9.59 Å². The number of thiophene rings is 1. The first-order valence-corrected chi connectivity index (χ1v) is 11.0. The van der Waals surface area contributed by atoms with Crippen molar-refractivity contribution in [3.63, 3.8) is 0 Å². The molecule has 0 unspecified atom stereocenters. The van der Waals surface area contributed by atoms with Crippen molar-refractivity contribution in [3.8, 4) is 0 Å². The maximum atomic E-state index is 11.7. The van der Waals surface area contributed by atoms with Crippen molar-refractivity contribution < 1.29 is 46.9 Å². The number of methoxy groups -OCH3 is 1. The number of carboxylic acid groups (broad SMARTS) is 1. The van der Waals surface area contributed by atoms with Crippen LogP contribution in [0.25, 0.3) is 0 Å². The van der Waals surface area contributed by atoms with E-state index >= 15 is 0 Å². The van der Waals surface area contributed by atoms with Crippen LogP contribution in [-0.4, -0.2) is 85.7 Å². The monoisotopic (exact) mass is 496 g/mol. The maximum absolute atomic E-state index is 11.7. The van der Waals surface area contributed by atoms with E-state index < -0.39 is 12.1 Å². The highest BCUT2D eigenvalue weighted by molar-refractivity contribution is 7.10. The Bertz CT molecular complexity index is 833.